The summed E-state index contributed by atoms with van der Waals surface area (Å²) in [6, 6.07) is 40.1. The second-order valence-electron chi connectivity index (χ2n) is 7.36. The zero-order valence-electron chi connectivity index (χ0n) is 16.6. The van der Waals surface area contributed by atoms with Crippen LogP contribution >= 0.6 is 0 Å². The molecule has 0 aliphatic carbocycles. The van der Waals surface area contributed by atoms with Gasteiger partial charge in [-0.15, -0.1) is 0 Å². The molecule has 30 heavy (non-hydrogen) atoms. The van der Waals surface area contributed by atoms with Crippen LogP contribution < -0.4 is 5.01 Å². The largest absolute Gasteiger partial charge is 0.261 e. The molecule has 5 rings (SSSR count). The van der Waals surface area contributed by atoms with Gasteiger partial charge in [-0.05, 0) is 45.3 Å². The van der Waals surface area contributed by atoms with Crippen molar-refractivity contribution in [2.24, 2.45) is 5.10 Å². The number of hydrogen-bond donors (Lipinski definition) is 0. The fraction of sp³-hybridized carbons (Fsp3) is 0.0357. The number of fused-ring (bicyclic) bond motifs is 2. The lowest BCUT2D eigenvalue weighted by atomic mass is 9.97. The molecule has 0 atom stereocenters. The summed E-state index contributed by atoms with van der Waals surface area (Å²) in [6.07, 6.45) is 2.01. The van der Waals surface area contributed by atoms with E-state index < -0.39 is 0 Å². The number of para-hydroxylation sites is 1. The third kappa shape index (κ3) is 3.68. The summed E-state index contributed by atoms with van der Waals surface area (Å²) < 4.78 is 0. The van der Waals surface area contributed by atoms with Gasteiger partial charge in [0.2, 0.25) is 0 Å². The lowest BCUT2D eigenvalue weighted by molar-refractivity contribution is 0.859. The quantitative estimate of drug-likeness (QED) is 0.180. The first kappa shape index (κ1) is 18.1. The Morgan fingerprint density at radius 2 is 1.13 bits per heavy atom. The molecule has 0 fully saturated rings. The summed E-state index contributed by atoms with van der Waals surface area (Å²) in [5.74, 6) is 0. The summed E-state index contributed by atoms with van der Waals surface area (Å²) >= 11 is 0. The third-order valence-electron chi connectivity index (χ3n) is 5.37. The first-order valence-electron chi connectivity index (χ1n) is 10.2. The maximum atomic E-state index is 4.97. The van der Waals surface area contributed by atoms with E-state index in [9.17, 15) is 0 Å². The molecule has 0 aromatic heterocycles. The fourth-order valence-corrected chi connectivity index (χ4v) is 3.87. The van der Waals surface area contributed by atoms with Crippen molar-refractivity contribution < 1.29 is 0 Å². The van der Waals surface area contributed by atoms with Gasteiger partial charge in [0.25, 0.3) is 0 Å². The van der Waals surface area contributed by atoms with E-state index in [1.807, 2.05) is 18.3 Å². The molecule has 0 amide bonds. The van der Waals surface area contributed by atoms with Crippen molar-refractivity contribution in [1.29, 1.82) is 0 Å². The Labute approximate surface area is 176 Å². The van der Waals surface area contributed by atoms with Gasteiger partial charge >= 0.3 is 0 Å². The first-order valence-corrected chi connectivity index (χ1v) is 10.2. The Morgan fingerprint density at radius 3 is 1.77 bits per heavy atom. The van der Waals surface area contributed by atoms with Crippen LogP contribution in [0.4, 0.5) is 5.69 Å². The summed E-state index contributed by atoms with van der Waals surface area (Å²) in [4.78, 5) is 0. The van der Waals surface area contributed by atoms with Crippen molar-refractivity contribution in [3.8, 4) is 0 Å². The number of hydrazone groups is 1. The molecule has 0 N–H and O–H groups in total. The highest BCUT2D eigenvalue weighted by atomic mass is 15.4. The number of anilines is 1. The number of hydrogen-bond acceptors (Lipinski definition) is 2. The van der Waals surface area contributed by atoms with Crippen LogP contribution in [0, 0.1) is 0 Å². The van der Waals surface area contributed by atoms with Crippen molar-refractivity contribution in [3.05, 3.63) is 126 Å². The number of nitrogens with zero attached hydrogens (tertiary/aromatic N) is 2. The Balaban J connectivity index is 1.62. The van der Waals surface area contributed by atoms with E-state index in [4.69, 9.17) is 5.10 Å². The van der Waals surface area contributed by atoms with Crippen LogP contribution in [-0.2, 0) is 6.54 Å². The molecular weight excluding hydrogens is 364 g/mol. The molecule has 0 saturated carbocycles. The minimum Gasteiger partial charge on any atom is -0.261 e. The van der Waals surface area contributed by atoms with Crippen molar-refractivity contribution in [2.75, 3.05) is 5.01 Å². The Kier molecular flexibility index (Phi) is 4.97. The van der Waals surface area contributed by atoms with Gasteiger partial charge in [-0.3, -0.25) is 5.01 Å². The molecule has 0 unspecified atom stereocenters. The second kappa shape index (κ2) is 8.22. The highest BCUT2D eigenvalue weighted by Gasteiger charge is 2.08. The lowest BCUT2D eigenvalue weighted by Crippen LogP contribution is -2.16. The van der Waals surface area contributed by atoms with Crippen LogP contribution in [0.15, 0.2) is 120 Å². The molecule has 0 aliphatic rings. The molecule has 0 aliphatic heterocycles. The van der Waals surface area contributed by atoms with E-state index in [-0.39, 0.29) is 0 Å². The highest BCUT2D eigenvalue weighted by molar-refractivity contribution is 6.13. The van der Waals surface area contributed by atoms with Crippen LogP contribution in [0.3, 0.4) is 0 Å². The summed E-state index contributed by atoms with van der Waals surface area (Å²) in [5.41, 5.74) is 3.45. The summed E-state index contributed by atoms with van der Waals surface area (Å²) in [7, 11) is 0. The van der Waals surface area contributed by atoms with Gasteiger partial charge in [0.1, 0.15) is 0 Å². The molecule has 5 aromatic carbocycles. The van der Waals surface area contributed by atoms with Crippen molar-refractivity contribution in [3.63, 3.8) is 0 Å². The van der Waals surface area contributed by atoms with Crippen molar-refractivity contribution in [2.45, 2.75) is 6.54 Å². The van der Waals surface area contributed by atoms with Gasteiger partial charge in [-0.1, -0.05) is 97.1 Å². The molecule has 0 spiro atoms. The Morgan fingerprint density at radius 1 is 0.600 bits per heavy atom. The second-order valence-corrected chi connectivity index (χ2v) is 7.36. The molecule has 5 aromatic rings. The van der Waals surface area contributed by atoms with E-state index in [0.29, 0.717) is 6.54 Å². The van der Waals surface area contributed by atoms with Gasteiger partial charge in [-0.2, -0.15) is 5.10 Å². The van der Waals surface area contributed by atoms with Crippen LogP contribution in [0.1, 0.15) is 11.1 Å². The molecule has 144 valence electrons. The van der Waals surface area contributed by atoms with E-state index in [2.05, 4.69) is 108 Å². The fourth-order valence-electron chi connectivity index (χ4n) is 3.87. The smallest absolute Gasteiger partial charge is 0.0666 e. The monoisotopic (exact) mass is 386 g/mol. The highest BCUT2D eigenvalue weighted by Crippen LogP contribution is 2.27. The number of benzene rings is 5. The van der Waals surface area contributed by atoms with Crippen LogP contribution in [0.25, 0.3) is 21.5 Å². The molecule has 2 heteroatoms. The third-order valence-corrected chi connectivity index (χ3v) is 5.37. The van der Waals surface area contributed by atoms with Crippen LogP contribution in [0.5, 0.6) is 0 Å². The molecule has 0 bridgehead atoms. The minimum atomic E-state index is 0.712. The topological polar surface area (TPSA) is 15.6 Å². The molecule has 0 saturated heterocycles. The zero-order chi connectivity index (χ0) is 20.2. The minimum absolute atomic E-state index is 0.712. The average Bonchev–Trinajstić information content (AvgIpc) is 2.82. The predicted molar refractivity (Wildman–Crippen MR) is 128 cm³/mol. The zero-order valence-corrected chi connectivity index (χ0v) is 16.6. The van der Waals surface area contributed by atoms with Gasteiger partial charge in [-0.25, -0.2) is 0 Å². The van der Waals surface area contributed by atoms with Gasteiger partial charge in [0.05, 0.1) is 18.4 Å². The molecular formula is C28H22N2. The van der Waals surface area contributed by atoms with E-state index in [1.54, 1.807) is 0 Å². The van der Waals surface area contributed by atoms with Gasteiger partial charge < -0.3 is 0 Å². The molecule has 0 heterocycles. The summed E-state index contributed by atoms with van der Waals surface area (Å²) in [6.45, 7) is 0.712. The van der Waals surface area contributed by atoms with E-state index in [1.165, 1.54) is 27.1 Å². The standard InChI is InChI=1S/C28H22N2/c1-3-11-22(12-4-1)21-30(25-15-5-2-6-16-25)29-20-28-26-17-9-7-13-23(26)19-24-14-8-10-18-27(24)28/h1-20H,21H2. The Bertz CT molecular complexity index is 1250. The molecule has 2 nitrogen and oxygen atoms in total. The first-order chi connectivity index (χ1) is 14.9. The maximum absolute atomic E-state index is 4.97. The van der Waals surface area contributed by atoms with Gasteiger partial charge in [0.15, 0.2) is 0 Å². The van der Waals surface area contributed by atoms with E-state index in [0.717, 1.165) is 11.3 Å². The number of rotatable bonds is 5. The predicted octanol–water partition coefficient (Wildman–Crippen LogP) is 7.03. The molecule has 0 radical (unpaired) electrons. The van der Waals surface area contributed by atoms with Crippen molar-refractivity contribution in [1.82, 2.24) is 0 Å². The lowest BCUT2D eigenvalue weighted by Gasteiger charge is -2.19. The maximum Gasteiger partial charge on any atom is 0.0666 e. The van der Waals surface area contributed by atoms with Gasteiger partial charge in [0, 0.05) is 5.56 Å². The normalized spacial score (nSPS) is 11.3. The average molecular weight is 386 g/mol. The van der Waals surface area contributed by atoms with Crippen LogP contribution in [0.2, 0.25) is 0 Å². The SMILES string of the molecule is C(=NN(Cc1ccccc1)c1ccccc1)c1c2ccccc2cc2ccccc12. The van der Waals surface area contributed by atoms with Crippen molar-refractivity contribution >= 4 is 33.4 Å². The summed E-state index contributed by atoms with van der Waals surface area (Å²) in [5, 5.41) is 11.9. The van der Waals surface area contributed by atoms with E-state index >= 15 is 0 Å². The Hall–Kier alpha value is -3.91. The van der Waals surface area contributed by atoms with Crippen LogP contribution in [-0.4, -0.2) is 6.21 Å².